The molecule has 2 aromatic rings. The molecule has 0 aliphatic rings. The number of hydrogen-bond acceptors (Lipinski definition) is 2. The van der Waals surface area contributed by atoms with Crippen LogP contribution in [0.2, 0.25) is 0 Å². The van der Waals surface area contributed by atoms with Crippen molar-refractivity contribution in [2.24, 2.45) is 0 Å². The molecule has 2 rings (SSSR count). The van der Waals surface area contributed by atoms with E-state index in [-0.39, 0.29) is 0 Å². The van der Waals surface area contributed by atoms with Gasteiger partial charge in [0.05, 0.1) is 11.4 Å². The Kier molecular flexibility index (Phi) is 2.37. The first kappa shape index (κ1) is 9.65. The second-order valence-electron chi connectivity index (χ2n) is 3.52. The summed E-state index contributed by atoms with van der Waals surface area (Å²) in [6, 6.07) is 9.32. The monoisotopic (exact) mass is 201 g/mol. The van der Waals surface area contributed by atoms with Crippen LogP contribution in [0, 0.1) is 0 Å². The summed E-state index contributed by atoms with van der Waals surface area (Å²) in [6.07, 6.45) is 1.72. The number of carboxylic acids is 1. The summed E-state index contributed by atoms with van der Waals surface area (Å²) in [5.74, 6) is -1.28. The lowest BCUT2D eigenvalue weighted by Crippen LogP contribution is -2.07. The number of hydrogen-bond donors (Lipinski definition) is 1. The van der Waals surface area contributed by atoms with Crippen molar-refractivity contribution in [3.63, 3.8) is 0 Å². The van der Waals surface area contributed by atoms with E-state index in [4.69, 9.17) is 5.11 Å². The summed E-state index contributed by atoms with van der Waals surface area (Å²) in [7, 11) is 0. The summed E-state index contributed by atoms with van der Waals surface area (Å²) in [6.45, 7) is 1.68. The van der Waals surface area contributed by atoms with Gasteiger partial charge in [0.1, 0.15) is 0 Å². The molecular weight excluding hydrogens is 190 g/mol. The van der Waals surface area contributed by atoms with E-state index >= 15 is 0 Å². The third-order valence-corrected chi connectivity index (χ3v) is 2.50. The van der Waals surface area contributed by atoms with Crippen molar-refractivity contribution in [3.05, 3.63) is 42.1 Å². The van der Waals surface area contributed by atoms with Gasteiger partial charge >= 0.3 is 5.97 Å². The van der Waals surface area contributed by atoms with Crippen molar-refractivity contribution in [2.45, 2.75) is 12.8 Å². The molecule has 0 aliphatic carbocycles. The average molecular weight is 201 g/mol. The Labute approximate surface area is 87.4 Å². The van der Waals surface area contributed by atoms with Gasteiger partial charge < -0.3 is 5.11 Å². The second kappa shape index (κ2) is 3.69. The standard InChI is InChI=1S/C12H11NO2/c1-8(12(14)15)9-4-5-11-10(7-9)3-2-6-13-11/h2-8H,1H3,(H,14,15)/t8-/m1/s1. The van der Waals surface area contributed by atoms with Gasteiger partial charge in [-0.25, -0.2) is 0 Å². The third-order valence-electron chi connectivity index (χ3n) is 2.50. The average Bonchev–Trinajstić information content (AvgIpc) is 2.27. The molecule has 1 aromatic heterocycles. The fourth-order valence-electron chi connectivity index (χ4n) is 1.51. The van der Waals surface area contributed by atoms with Gasteiger partial charge in [0.25, 0.3) is 0 Å². The van der Waals surface area contributed by atoms with E-state index in [1.54, 1.807) is 13.1 Å². The molecule has 0 saturated carbocycles. The number of aliphatic carboxylic acids is 1. The molecule has 0 aliphatic heterocycles. The molecule has 3 nitrogen and oxygen atoms in total. The molecule has 1 aromatic carbocycles. The van der Waals surface area contributed by atoms with Gasteiger partial charge in [-0.1, -0.05) is 12.1 Å². The van der Waals surface area contributed by atoms with Crippen molar-refractivity contribution in [1.82, 2.24) is 4.98 Å². The minimum atomic E-state index is -0.807. The highest BCUT2D eigenvalue weighted by molar-refractivity contribution is 5.82. The van der Waals surface area contributed by atoms with Crippen molar-refractivity contribution in [3.8, 4) is 0 Å². The van der Waals surface area contributed by atoms with Gasteiger partial charge in [-0.05, 0) is 30.7 Å². The number of carbonyl (C=O) groups is 1. The lowest BCUT2D eigenvalue weighted by atomic mass is 10.00. The number of pyridine rings is 1. The van der Waals surface area contributed by atoms with Crippen LogP contribution in [0.3, 0.4) is 0 Å². The highest BCUT2D eigenvalue weighted by atomic mass is 16.4. The first-order chi connectivity index (χ1) is 7.18. The third kappa shape index (κ3) is 1.81. The quantitative estimate of drug-likeness (QED) is 0.811. The Balaban J connectivity index is 2.51. The molecule has 0 radical (unpaired) electrons. The van der Waals surface area contributed by atoms with Crippen molar-refractivity contribution >= 4 is 16.9 Å². The van der Waals surface area contributed by atoms with E-state index in [0.29, 0.717) is 0 Å². The molecule has 3 heteroatoms. The van der Waals surface area contributed by atoms with Crippen LogP contribution in [-0.2, 0) is 4.79 Å². The Morgan fingerprint density at radius 3 is 2.93 bits per heavy atom. The fraction of sp³-hybridized carbons (Fsp3) is 0.167. The number of aromatic nitrogens is 1. The first-order valence-corrected chi connectivity index (χ1v) is 4.76. The zero-order chi connectivity index (χ0) is 10.8. The molecule has 0 amide bonds. The molecule has 0 fully saturated rings. The van der Waals surface area contributed by atoms with E-state index in [9.17, 15) is 4.79 Å². The van der Waals surface area contributed by atoms with Gasteiger partial charge in [-0.15, -0.1) is 0 Å². The topological polar surface area (TPSA) is 50.2 Å². The maximum atomic E-state index is 10.8. The van der Waals surface area contributed by atoms with Crippen LogP contribution in [0.4, 0.5) is 0 Å². The molecule has 1 atom stereocenters. The molecule has 76 valence electrons. The summed E-state index contributed by atoms with van der Waals surface area (Å²) in [5.41, 5.74) is 1.70. The predicted molar refractivity (Wildman–Crippen MR) is 57.8 cm³/mol. The molecule has 1 heterocycles. The van der Waals surface area contributed by atoms with Gasteiger partial charge in [0.15, 0.2) is 0 Å². The molecule has 0 saturated heterocycles. The zero-order valence-corrected chi connectivity index (χ0v) is 8.34. The van der Waals surface area contributed by atoms with E-state index in [2.05, 4.69) is 4.98 Å². The molecule has 15 heavy (non-hydrogen) atoms. The van der Waals surface area contributed by atoms with Crippen LogP contribution >= 0.6 is 0 Å². The maximum absolute atomic E-state index is 10.8. The van der Waals surface area contributed by atoms with Crippen molar-refractivity contribution in [2.75, 3.05) is 0 Å². The lowest BCUT2D eigenvalue weighted by molar-refractivity contribution is -0.138. The Bertz CT molecular complexity index is 508. The highest BCUT2D eigenvalue weighted by Gasteiger charge is 2.13. The molecule has 0 spiro atoms. The minimum Gasteiger partial charge on any atom is -0.481 e. The van der Waals surface area contributed by atoms with Crippen LogP contribution in [0.15, 0.2) is 36.5 Å². The maximum Gasteiger partial charge on any atom is 0.310 e. The van der Waals surface area contributed by atoms with Gasteiger partial charge in [-0.3, -0.25) is 9.78 Å². The van der Waals surface area contributed by atoms with Crippen LogP contribution in [0.5, 0.6) is 0 Å². The summed E-state index contributed by atoms with van der Waals surface area (Å²) in [4.78, 5) is 15.0. The predicted octanol–water partition coefficient (Wildman–Crippen LogP) is 2.42. The van der Waals surface area contributed by atoms with Crippen LogP contribution < -0.4 is 0 Å². The molecule has 0 bridgehead atoms. The fourth-order valence-corrected chi connectivity index (χ4v) is 1.51. The smallest absolute Gasteiger partial charge is 0.310 e. The Hall–Kier alpha value is -1.90. The summed E-state index contributed by atoms with van der Waals surface area (Å²) >= 11 is 0. The van der Waals surface area contributed by atoms with Crippen LogP contribution in [0.1, 0.15) is 18.4 Å². The van der Waals surface area contributed by atoms with E-state index in [1.807, 2.05) is 30.3 Å². The summed E-state index contributed by atoms with van der Waals surface area (Å²) < 4.78 is 0. The van der Waals surface area contributed by atoms with Crippen molar-refractivity contribution in [1.29, 1.82) is 0 Å². The molecular formula is C12H11NO2. The SMILES string of the molecule is C[C@@H](C(=O)O)c1ccc2ncccc2c1. The van der Waals surface area contributed by atoms with E-state index in [1.165, 1.54) is 0 Å². The minimum absolute atomic E-state index is 0.477. The van der Waals surface area contributed by atoms with E-state index in [0.717, 1.165) is 16.5 Å². The number of fused-ring (bicyclic) bond motifs is 1. The number of benzene rings is 1. The molecule has 0 unspecified atom stereocenters. The van der Waals surface area contributed by atoms with Gasteiger partial charge in [0, 0.05) is 11.6 Å². The number of carboxylic acid groups (broad SMARTS) is 1. The number of nitrogens with zero attached hydrogens (tertiary/aromatic N) is 1. The van der Waals surface area contributed by atoms with Crippen LogP contribution in [0.25, 0.3) is 10.9 Å². The second-order valence-corrected chi connectivity index (χ2v) is 3.52. The molecule has 1 N–H and O–H groups in total. The van der Waals surface area contributed by atoms with Gasteiger partial charge in [-0.2, -0.15) is 0 Å². The number of rotatable bonds is 2. The summed E-state index contributed by atoms with van der Waals surface area (Å²) in [5, 5.41) is 9.87. The van der Waals surface area contributed by atoms with Crippen molar-refractivity contribution < 1.29 is 9.90 Å². The highest BCUT2D eigenvalue weighted by Crippen LogP contribution is 2.20. The Morgan fingerprint density at radius 2 is 2.20 bits per heavy atom. The first-order valence-electron chi connectivity index (χ1n) is 4.76. The normalized spacial score (nSPS) is 12.6. The Morgan fingerprint density at radius 1 is 1.40 bits per heavy atom. The van der Waals surface area contributed by atoms with E-state index < -0.39 is 11.9 Å². The van der Waals surface area contributed by atoms with Crippen LogP contribution in [-0.4, -0.2) is 16.1 Å². The lowest BCUT2D eigenvalue weighted by Gasteiger charge is -2.07. The zero-order valence-electron chi connectivity index (χ0n) is 8.34. The largest absolute Gasteiger partial charge is 0.481 e. The van der Waals surface area contributed by atoms with Gasteiger partial charge in [0.2, 0.25) is 0 Å².